The van der Waals surface area contributed by atoms with Gasteiger partial charge in [-0.25, -0.2) is 0 Å². The Labute approximate surface area is 173 Å². The highest BCUT2D eigenvalue weighted by molar-refractivity contribution is 7.86. The van der Waals surface area contributed by atoms with Gasteiger partial charge in [0.05, 0.1) is 6.61 Å². The zero-order valence-corrected chi connectivity index (χ0v) is 17.6. The first-order valence-electron chi connectivity index (χ1n) is 10.5. The first kappa shape index (κ1) is 18.7. The summed E-state index contributed by atoms with van der Waals surface area (Å²) in [6.45, 7) is 0.740. The van der Waals surface area contributed by atoms with Crippen molar-refractivity contribution in [1.29, 1.82) is 4.78 Å². The van der Waals surface area contributed by atoms with Crippen LogP contribution in [0.15, 0.2) is 46.3 Å². The minimum atomic E-state index is -0.517. The molecule has 2 aliphatic carbocycles. The Hall–Kier alpha value is -2.34. The molecule has 152 valence electrons. The zero-order valence-electron chi connectivity index (χ0n) is 16.7. The maximum absolute atomic E-state index is 12.5. The molecule has 1 atom stereocenters. The summed E-state index contributed by atoms with van der Waals surface area (Å²) in [7, 11) is 1.27. The van der Waals surface area contributed by atoms with E-state index in [1.165, 1.54) is 25.7 Å². The van der Waals surface area contributed by atoms with Crippen LogP contribution >= 0.6 is 0 Å². The van der Waals surface area contributed by atoms with Crippen LogP contribution < -0.4 is 10.3 Å². The maximum atomic E-state index is 12.5. The molecule has 0 aliphatic heterocycles. The highest BCUT2D eigenvalue weighted by atomic mass is 32.2. The van der Waals surface area contributed by atoms with Crippen LogP contribution in [-0.2, 0) is 17.7 Å². The largest absolute Gasteiger partial charge is 0.493 e. The average molecular weight is 410 g/mol. The van der Waals surface area contributed by atoms with Crippen molar-refractivity contribution in [1.82, 2.24) is 9.55 Å². The maximum Gasteiger partial charge on any atom is 0.274 e. The van der Waals surface area contributed by atoms with E-state index in [1.54, 1.807) is 11.6 Å². The summed E-state index contributed by atoms with van der Waals surface area (Å²) in [5, 5.41) is 1.38. The summed E-state index contributed by atoms with van der Waals surface area (Å²) in [4.78, 5) is 16.7. The molecule has 2 saturated carbocycles. The van der Waals surface area contributed by atoms with Crippen LogP contribution in [0.5, 0.6) is 5.75 Å². The number of aromatic amines is 1. The number of hydrogen-bond acceptors (Lipinski definition) is 3. The van der Waals surface area contributed by atoms with E-state index < -0.39 is 10.7 Å². The number of fused-ring (bicyclic) bond motifs is 1. The number of aromatic nitrogens is 2. The van der Waals surface area contributed by atoms with Gasteiger partial charge in [-0.1, -0.05) is 23.5 Å². The standard InChI is InChI=1S/C23H27N3O2S/c1-26-13-20(18-10-11-25-22(18)23(26)27)19-12-17(29(24)16-4-2-3-5-16)8-9-21(19)28-14-15-6-7-15/h8-13,15-16,24-25H,2-7,14H2,1H3. The van der Waals surface area contributed by atoms with Gasteiger partial charge in [0, 0.05) is 46.1 Å². The molecule has 0 amide bonds. The quantitative estimate of drug-likeness (QED) is 0.601. The molecule has 5 nitrogen and oxygen atoms in total. The van der Waals surface area contributed by atoms with E-state index in [0.29, 0.717) is 16.7 Å². The molecule has 2 N–H and O–H groups in total. The number of hydrogen-bond donors (Lipinski definition) is 2. The third-order valence-electron chi connectivity index (χ3n) is 6.20. The summed E-state index contributed by atoms with van der Waals surface area (Å²) in [5.41, 5.74) is 2.56. The number of ether oxygens (including phenoxy) is 1. The fourth-order valence-corrected chi connectivity index (χ4v) is 5.92. The summed E-state index contributed by atoms with van der Waals surface area (Å²) in [5.74, 6) is 1.52. The lowest BCUT2D eigenvalue weighted by molar-refractivity contribution is 0.301. The van der Waals surface area contributed by atoms with Gasteiger partial charge in [-0.15, -0.1) is 0 Å². The van der Waals surface area contributed by atoms with Gasteiger partial charge in [-0.2, -0.15) is 0 Å². The van der Waals surface area contributed by atoms with Crippen LogP contribution in [-0.4, -0.2) is 21.4 Å². The third kappa shape index (κ3) is 3.54. The summed E-state index contributed by atoms with van der Waals surface area (Å²) in [6.07, 6.45) is 11.0. The topological polar surface area (TPSA) is 70.9 Å². The minimum absolute atomic E-state index is 0.0310. The second-order valence-corrected chi connectivity index (χ2v) is 10.2. The number of aryl methyl sites for hydroxylation is 1. The molecule has 0 saturated heterocycles. The molecular formula is C23H27N3O2S. The van der Waals surface area contributed by atoms with E-state index in [0.717, 1.165) is 46.6 Å². The van der Waals surface area contributed by atoms with E-state index in [4.69, 9.17) is 9.52 Å². The molecule has 6 heteroatoms. The van der Waals surface area contributed by atoms with E-state index in [-0.39, 0.29) is 5.56 Å². The van der Waals surface area contributed by atoms with E-state index in [1.807, 2.05) is 24.5 Å². The number of nitrogens with one attached hydrogen (secondary N) is 2. The zero-order chi connectivity index (χ0) is 20.0. The lowest BCUT2D eigenvalue weighted by Crippen LogP contribution is -2.16. The molecular weight excluding hydrogens is 382 g/mol. The molecule has 0 radical (unpaired) electrons. The number of pyridine rings is 1. The van der Waals surface area contributed by atoms with Gasteiger partial charge in [0.25, 0.3) is 5.56 Å². The van der Waals surface area contributed by atoms with Crippen LogP contribution in [0.25, 0.3) is 22.0 Å². The van der Waals surface area contributed by atoms with Crippen LogP contribution in [0.2, 0.25) is 0 Å². The smallest absolute Gasteiger partial charge is 0.274 e. The van der Waals surface area contributed by atoms with Crippen molar-refractivity contribution in [2.24, 2.45) is 13.0 Å². The van der Waals surface area contributed by atoms with Gasteiger partial charge in [0.15, 0.2) is 0 Å². The molecule has 2 heterocycles. The molecule has 2 fully saturated rings. The summed E-state index contributed by atoms with van der Waals surface area (Å²) >= 11 is 0. The van der Waals surface area contributed by atoms with E-state index in [9.17, 15) is 4.79 Å². The Balaban J connectivity index is 1.63. The predicted molar refractivity (Wildman–Crippen MR) is 118 cm³/mol. The van der Waals surface area contributed by atoms with Crippen molar-refractivity contribution in [3.63, 3.8) is 0 Å². The molecule has 0 spiro atoms. The van der Waals surface area contributed by atoms with Crippen molar-refractivity contribution < 1.29 is 4.74 Å². The van der Waals surface area contributed by atoms with Crippen molar-refractivity contribution in [3.05, 3.63) is 47.0 Å². The van der Waals surface area contributed by atoms with Crippen molar-refractivity contribution in [2.45, 2.75) is 48.7 Å². The van der Waals surface area contributed by atoms with E-state index in [2.05, 4.69) is 17.1 Å². The van der Waals surface area contributed by atoms with Crippen LogP contribution in [0, 0.1) is 10.7 Å². The highest BCUT2D eigenvalue weighted by Crippen LogP contribution is 2.38. The number of H-pyrrole nitrogens is 1. The fraction of sp³-hybridized carbons (Fsp3) is 0.435. The number of nitrogens with zero attached hydrogens (tertiary/aromatic N) is 1. The fourth-order valence-electron chi connectivity index (χ4n) is 4.27. The van der Waals surface area contributed by atoms with Gasteiger partial charge in [0.2, 0.25) is 0 Å². The van der Waals surface area contributed by atoms with E-state index >= 15 is 0 Å². The second kappa shape index (κ2) is 7.48. The van der Waals surface area contributed by atoms with Crippen molar-refractivity contribution in [2.75, 3.05) is 6.61 Å². The third-order valence-corrected chi connectivity index (χ3v) is 8.10. The molecule has 1 unspecified atom stereocenters. The molecule has 2 aliphatic rings. The average Bonchev–Trinajstić information content (AvgIpc) is 3.19. The first-order chi connectivity index (χ1) is 14.1. The molecule has 1 aromatic carbocycles. The monoisotopic (exact) mass is 409 g/mol. The Morgan fingerprint density at radius 2 is 1.97 bits per heavy atom. The molecule has 5 rings (SSSR count). The van der Waals surface area contributed by atoms with Gasteiger partial charge >= 0.3 is 0 Å². The van der Waals surface area contributed by atoms with Gasteiger partial charge in [-0.05, 0) is 55.9 Å². The van der Waals surface area contributed by atoms with Gasteiger partial charge < -0.3 is 14.3 Å². The van der Waals surface area contributed by atoms with Crippen molar-refractivity contribution >= 4 is 21.6 Å². The van der Waals surface area contributed by atoms with Gasteiger partial charge in [0.1, 0.15) is 11.3 Å². The SMILES string of the molecule is Cn1cc(-c2cc(S(=N)C3CCCC3)ccc2OCC2CC2)c2cc[nH]c2c1=O. The van der Waals surface area contributed by atoms with Gasteiger partial charge in [-0.3, -0.25) is 9.57 Å². The molecule has 0 bridgehead atoms. The summed E-state index contributed by atoms with van der Waals surface area (Å²) < 4.78 is 16.7. The lowest BCUT2D eigenvalue weighted by Gasteiger charge is -2.18. The lowest BCUT2D eigenvalue weighted by atomic mass is 10.0. The molecule has 2 aromatic heterocycles. The second-order valence-electron chi connectivity index (χ2n) is 8.38. The Morgan fingerprint density at radius 1 is 1.17 bits per heavy atom. The normalized spacial score (nSPS) is 18.4. The Morgan fingerprint density at radius 3 is 2.72 bits per heavy atom. The van der Waals surface area contributed by atoms with Crippen molar-refractivity contribution in [3.8, 4) is 16.9 Å². The molecule has 29 heavy (non-hydrogen) atoms. The first-order valence-corrected chi connectivity index (χ1v) is 11.8. The summed E-state index contributed by atoms with van der Waals surface area (Å²) in [6, 6.07) is 8.22. The minimum Gasteiger partial charge on any atom is -0.493 e. The predicted octanol–water partition coefficient (Wildman–Crippen LogP) is 5.00. The van der Waals surface area contributed by atoms with Crippen LogP contribution in [0.4, 0.5) is 0 Å². The number of benzene rings is 1. The number of rotatable bonds is 6. The van der Waals surface area contributed by atoms with Crippen LogP contribution in [0.3, 0.4) is 0 Å². The Bertz CT molecular complexity index is 1140. The Kier molecular flexibility index (Phi) is 4.82. The van der Waals surface area contributed by atoms with Crippen LogP contribution in [0.1, 0.15) is 38.5 Å². The highest BCUT2D eigenvalue weighted by Gasteiger charge is 2.24. The molecule has 3 aromatic rings.